The average molecular weight is 288 g/mol. The van der Waals surface area contributed by atoms with E-state index in [-0.39, 0.29) is 5.91 Å². The van der Waals surface area contributed by atoms with Crippen molar-refractivity contribution >= 4 is 17.5 Å². The molecule has 0 aliphatic heterocycles. The van der Waals surface area contributed by atoms with Gasteiger partial charge in [-0.2, -0.15) is 0 Å². The Hall–Kier alpha value is -1.80. The summed E-state index contributed by atoms with van der Waals surface area (Å²) in [6.45, 7) is 2.66. The van der Waals surface area contributed by atoms with Crippen LogP contribution in [0.2, 0.25) is 5.02 Å². The summed E-state index contributed by atoms with van der Waals surface area (Å²) in [6.07, 6.45) is 1.85. The Morgan fingerprint density at radius 3 is 2.60 bits per heavy atom. The lowest BCUT2D eigenvalue weighted by molar-refractivity contribution is 0.0953. The van der Waals surface area contributed by atoms with Gasteiger partial charge in [0, 0.05) is 17.1 Å². The quantitative estimate of drug-likeness (QED) is 0.827. The molecule has 2 rings (SSSR count). The Morgan fingerprint density at radius 2 is 1.90 bits per heavy atom. The van der Waals surface area contributed by atoms with E-state index in [2.05, 4.69) is 5.32 Å². The fourth-order valence-electron chi connectivity index (χ4n) is 2.03. The van der Waals surface area contributed by atoms with Crippen LogP contribution in [0, 0.1) is 6.92 Å². The summed E-state index contributed by atoms with van der Waals surface area (Å²) in [5, 5.41) is 3.69. The van der Waals surface area contributed by atoms with Crippen LogP contribution >= 0.6 is 11.6 Å². The lowest BCUT2D eigenvalue weighted by atomic mass is 10.1. The van der Waals surface area contributed by atoms with Crippen molar-refractivity contribution in [1.29, 1.82) is 0 Å². The molecule has 2 aromatic rings. The van der Waals surface area contributed by atoms with Crippen LogP contribution in [-0.2, 0) is 6.42 Å². The molecule has 104 valence electrons. The van der Waals surface area contributed by atoms with Crippen molar-refractivity contribution < 1.29 is 4.79 Å². The van der Waals surface area contributed by atoms with Crippen LogP contribution in [0.15, 0.2) is 48.5 Å². The van der Waals surface area contributed by atoms with Crippen LogP contribution in [0.5, 0.6) is 0 Å². The molecule has 0 aliphatic carbocycles. The summed E-state index contributed by atoms with van der Waals surface area (Å²) in [6, 6.07) is 15.4. The van der Waals surface area contributed by atoms with Crippen molar-refractivity contribution in [3.05, 3.63) is 70.2 Å². The molecule has 0 aromatic heterocycles. The van der Waals surface area contributed by atoms with Gasteiger partial charge in [-0.05, 0) is 49.6 Å². The zero-order valence-electron chi connectivity index (χ0n) is 11.5. The second-order valence-electron chi connectivity index (χ2n) is 4.86. The third-order valence-electron chi connectivity index (χ3n) is 3.12. The number of aryl methyl sites for hydroxylation is 2. The van der Waals surface area contributed by atoms with Crippen molar-refractivity contribution in [2.45, 2.75) is 19.8 Å². The molecule has 1 amide bonds. The van der Waals surface area contributed by atoms with E-state index in [1.165, 1.54) is 5.56 Å². The maximum Gasteiger partial charge on any atom is 0.251 e. The van der Waals surface area contributed by atoms with Gasteiger partial charge in [-0.15, -0.1) is 0 Å². The molecule has 0 unspecified atom stereocenters. The number of hydrogen-bond acceptors (Lipinski definition) is 1. The highest BCUT2D eigenvalue weighted by Gasteiger charge is 2.04. The smallest absolute Gasteiger partial charge is 0.251 e. The van der Waals surface area contributed by atoms with Gasteiger partial charge >= 0.3 is 0 Å². The Bertz CT molecular complexity index is 578. The van der Waals surface area contributed by atoms with Crippen LogP contribution in [-0.4, -0.2) is 12.5 Å². The predicted octanol–water partition coefficient (Wildman–Crippen LogP) is 4.01. The van der Waals surface area contributed by atoms with E-state index in [0.29, 0.717) is 6.54 Å². The summed E-state index contributed by atoms with van der Waals surface area (Å²) < 4.78 is 0. The van der Waals surface area contributed by atoms with Crippen LogP contribution in [0.3, 0.4) is 0 Å². The largest absolute Gasteiger partial charge is 0.352 e. The molecule has 0 atom stereocenters. The maximum atomic E-state index is 11.9. The van der Waals surface area contributed by atoms with Crippen LogP contribution in [0.1, 0.15) is 27.9 Å². The number of carbonyl (C=O) groups is 1. The second-order valence-corrected chi connectivity index (χ2v) is 5.29. The molecule has 0 saturated heterocycles. The lowest BCUT2D eigenvalue weighted by Gasteiger charge is -2.06. The fourth-order valence-corrected chi connectivity index (χ4v) is 2.16. The fraction of sp³-hybridized carbons (Fsp3) is 0.235. The van der Waals surface area contributed by atoms with E-state index in [9.17, 15) is 4.79 Å². The van der Waals surface area contributed by atoms with Gasteiger partial charge < -0.3 is 5.32 Å². The number of hydrogen-bond donors (Lipinski definition) is 1. The average Bonchev–Trinajstić information content (AvgIpc) is 2.45. The molecular formula is C17H18ClNO. The highest BCUT2D eigenvalue weighted by molar-refractivity contribution is 6.30. The van der Waals surface area contributed by atoms with Crippen LogP contribution in [0.25, 0.3) is 0 Å². The van der Waals surface area contributed by atoms with E-state index in [1.54, 1.807) is 0 Å². The Morgan fingerprint density at radius 1 is 1.15 bits per heavy atom. The van der Waals surface area contributed by atoms with E-state index < -0.39 is 0 Å². The summed E-state index contributed by atoms with van der Waals surface area (Å²) >= 11 is 5.84. The first-order valence-electron chi connectivity index (χ1n) is 6.74. The van der Waals surface area contributed by atoms with E-state index in [4.69, 9.17) is 11.6 Å². The molecule has 0 aliphatic rings. The van der Waals surface area contributed by atoms with Gasteiger partial charge in [-0.25, -0.2) is 0 Å². The minimum absolute atomic E-state index is 0.00944. The molecule has 0 spiro atoms. The number of rotatable bonds is 5. The maximum absolute atomic E-state index is 11.9. The lowest BCUT2D eigenvalue weighted by Crippen LogP contribution is -2.24. The SMILES string of the molecule is Cc1cccc(C(=O)NCCCc2ccc(Cl)cc2)c1. The Kier molecular flexibility index (Phi) is 5.19. The van der Waals surface area contributed by atoms with Crippen molar-refractivity contribution in [3.8, 4) is 0 Å². The van der Waals surface area contributed by atoms with E-state index >= 15 is 0 Å². The monoisotopic (exact) mass is 287 g/mol. The topological polar surface area (TPSA) is 29.1 Å². The standard InChI is InChI=1S/C17H18ClNO/c1-13-4-2-6-15(12-13)17(20)19-11-3-5-14-7-9-16(18)10-8-14/h2,4,6-10,12H,3,5,11H2,1H3,(H,19,20). The van der Waals surface area contributed by atoms with Crippen molar-refractivity contribution in [2.24, 2.45) is 0 Å². The van der Waals surface area contributed by atoms with Gasteiger partial charge in [0.05, 0.1) is 0 Å². The minimum Gasteiger partial charge on any atom is -0.352 e. The first kappa shape index (κ1) is 14.6. The number of carbonyl (C=O) groups excluding carboxylic acids is 1. The molecule has 1 N–H and O–H groups in total. The third-order valence-corrected chi connectivity index (χ3v) is 3.37. The summed E-state index contributed by atoms with van der Waals surface area (Å²) in [7, 11) is 0. The first-order chi connectivity index (χ1) is 9.65. The minimum atomic E-state index is -0.00944. The molecule has 0 bridgehead atoms. The zero-order chi connectivity index (χ0) is 14.4. The molecule has 20 heavy (non-hydrogen) atoms. The van der Waals surface area contributed by atoms with Crippen molar-refractivity contribution in [3.63, 3.8) is 0 Å². The first-order valence-corrected chi connectivity index (χ1v) is 7.12. The predicted molar refractivity (Wildman–Crippen MR) is 83.3 cm³/mol. The zero-order valence-corrected chi connectivity index (χ0v) is 12.3. The van der Waals surface area contributed by atoms with Gasteiger partial charge in [0.15, 0.2) is 0 Å². The van der Waals surface area contributed by atoms with Gasteiger partial charge in [0.1, 0.15) is 0 Å². The molecule has 0 radical (unpaired) electrons. The Balaban J connectivity index is 1.76. The van der Waals surface area contributed by atoms with E-state index in [1.807, 2.05) is 55.5 Å². The Labute approximate surface area is 124 Å². The van der Waals surface area contributed by atoms with Crippen molar-refractivity contribution in [2.75, 3.05) is 6.54 Å². The normalized spacial score (nSPS) is 10.3. The number of amides is 1. The highest BCUT2D eigenvalue weighted by Crippen LogP contribution is 2.10. The highest BCUT2D eigenvalue weighted by atomic mass is 35.5. The van der Waals surface area contributed by atoms with Gasteiger partial charge in [-0.3, -0.25) is 4.79 Å². The molecule has 3 heteroatoms. The molecule has 2 aromatic carbocycles. The molecule has 0 saturated carbocycles. The van der Waals surface area contributed by atoms with Gasteiger partial charge in [-0.1, -0.05) is 41.4 Å². The number of nitrogens with one attached hydrogen (secondary N) is 1. The summed E-state index contributed by atoms with van der Waals surface area (Å²) in [5.74, 6) is -0.00944. The number of benzene rings is 2. The summed E-state index contributed by atoms with van der Waals surface area (Å²) in [4.78, 5) is 11.9. The number of halogens is 1. The van der Waals surface area contributed by atoms with Crippen LogP contribution < -0.4 is 5.32 Å². The molecule has 0 heterocycles. The molecule has 0 fully saturated rings. The molecular weight excluding hydrogens is 270 g/mol. The summed E-state index contributed by atoms with van der Waals surface area (Å²) in [5.41, 5.74) is 3.05. The second kappa shape index (κ2) is 7.11. The van der Waals surface area contributed by atoms with E-state index in [0.717, 1.165) is 29.0 Å². The third kappa shape index (κ3) is 4.39. The molecule has 2 nitrogen and oxygen atoms in total. The van der Waals surface area contributed by atoms with Crippen molar-refractivity contribution in [1.82, 2.24) is 5.32 Å². The van der Waals surface area contributed by atoms with Crippen LogP contribution in [0.4, 0.5) is 0 Å². The van der Waals surface area contributed by atoms with Gasteiger partial charge in [0.25, 0.3) is 5.91 Å². The van der Waals surface area contributed by atoms with Gasteiger partial charge in [0.2, 0.25) is 0 Å².